The highest BCUT2D eigenvalue weighted by molar-refractivity contribution is 6.30. The van der Waals surface area contributed by atoms with Gasteiger partial charge in [-0.1, -0.05) is 48.7 Å². The van der Waals surface area contributed by atoms with E-state index in [2.05, 4.69) is 37.6 Å². The van der Waals surface area contributed by atoms with Gasteiger partial charge in [0.05, 0.1) is 21.7 Å². The minimum absolute atomic E-state index is 0.0902. The molecule has 10 nitrogen and oxygen atoms in total. The van der Waals surface area contributed by atoms with Crippen LogP contribution in [0, 0.1) is 11.8 Å². The highest BCUT2D eigenvalue weighted by Crippen LogP contribution is 2.39. The molecule has 1 N–H and O–H groups in total. The summed E-state index contributed by atoms with van der Waals surface area (Å²) in [6.45, 7) is 3.12. The van der Waals surface area contributed by atoms with Crippen LogP contribution in [-0.2, 0) is 11.3 Å². The van der Waals surface area contributed by atoms with Crippen molar-refractivity contribution >= 4 is 28.6 Å². The molecular formula is C28H26ClN7O3. The number of nitrogens with one attached hydrogen (secondary N) is 1. The molecule has 0 bridgehead atoms. The van der Waals surface area contributed by atoms with Crippen LogP contribution in [0.5, 0.6) is 0 Å². The first kappa shape index (κ1) is 23.9. The summed E-state index contributed by atoms with van der Waals surface area (Å²) in [5.74, 6) is 2.47. The molecule has 1 atom stereocenters. The predicted molar refractivity (Wildman–Crippen MR) is 147 cm³/mol. The van der Waals surface area contributed by atoms with E-state index in [0.717, 1.165) is 48.1 Å². The van der Waals surface area contributed by atoms with Gasteiger partial charge in [0, 0.05) is 30.7 Å². The lowest BCUT2D eigenvalue weighted by molar-refractivity contribution is 0.266. The van der Waals surface area contributed by atoms with Crippen molar-refractivity contribution in [2.24, 2.45) is 11.8 Å². The zero-order chi connectivity index (χ0) is 26.5. The molecule has 0 unspecified atom stereocenters. The third-order valence-corrected chi connectivity index (χ3v) is 7.95. The number of H-pyrrole nitrogens is 1. The highest BCUT2D eigenvalue weighted by atomic mass is 35.5. The molecule has 0 amide bonds. The van der Waals surface area contributed by atoms with E-state index in [-0.39, 0.29) is 11.9 Å². The normalized spacial score (nSPS) is 22.3. The lowest BCUT2D eigenvalue weighted by atomic mass is 9.83. The first-order chi connectivity index (χ1) is 19.0. The zero-order valence-corrected chi connectivity index (χ0v) is 22.0. The van der Waals surface area contributed by atoms with Crippen molar-refractivity contribution < 1.29 is 9.26 Å². The molecule has 0 radical (unpaired) electrons. The standard InChI is InChI=1S/C28H26ClN7O3/c1-16-5-7-17(8-6-16)15-36-25-20(32-27(36)35-9-10-38-23-4-2-3-22(23)35)12-21(26-33-28(37)39-34-26)31-24(25)18-11-19(29)14-30-13-18/h2-4,9-14,16-17,22H,5-8,15H2,1H3,(H,33,34,37)/t16?,17?,22-/m0/s1. The molecule has 1 saturated carbocycles. The summed E-state index contributed by atoms with van der Waals surface area (Å²) >= 11 is 6.37. The van der Waals surface area contributed by atoms with E-state index in [1.807, 2.05) is 30.5 Å². The Balaban J connectivity index is 1.47. The second-order valence-corrected chi connectivity index (χ2v) is 10.9. The lowest BCUT2D eigenvalue weighted by Gasteiger charge is -2.32. The van der Waals surface area contributed by atoms with Crippen LogP contribution in [0.1, 0.15) is 32.6 Å². The molecule has 4 aromatic rings. The number of aromatic nitrogens is 6. The second-order valence-electron chi connectivity index (χ2n) is 10.4. The van der Waals surface area contributed by atoms with E-state index in [9.17, 15) is 4.79 Å². The Morgan fingerprint density at radius 1 is 1.15 bits per heavy atom. The number of ether oxygens (including phenoxy) is 1. The molecule has 198 valence electrons. The van der Waals surface area contributed by atoms with E-state index in [0.29, 0.717) is 27.8 Å². The van der Waals surface area contributed by atoms with Crippen molar-refractivity contribution in [3.63, 3.8) is 0 Å². The molecule has 3 aliphatic rings. The maximum atomic E-state index is 11.7. The quantitative estimate of drug-likeness (QED) is 0.353. The Hall–Kier alpha value is -4.18. The summed E-state index contributed by atoms with van der Waals surface area (Å²) in [4.78, 5) is 30.9. The number of rotatable bonds is 5. The first-order valence-corrected chi connectivity index (χ1v) is 13.5. The van der Waals surface area contributed by atoms with Crippen molar-refractivity contribution in [2.75, 3.05) is 4.90 Å². The minimum atomic E-state index is -0.651. The third kappa shape index (κ3) is 4.34. The fourth-order valence-corrected chi connectivity index (χ4v) is 5.91. The molecule has 5 heterocycles. The van der Waals surface area contributed by atoms with E-state index in [1.54, 1.807) is 18.7 Å². The summed E-state index contributed by atoms with van der Waals surface area (Å²) < 4.78 is 12.8. The van der Waals surface area contributed by atoms with Crippen LogP contribution in [0.15, 0.2) is 70.3 Å². The van der Waals surface area contributed by atoms with Gasteiger partial charge >= 0.3 is 5.76 Å². The number of aromatic amines is 1. The topological polar surface area (TPSA) is 115 Å². The van der Waals surface area contributed by atoms with Crippen LogP contribution in [0.2, 0.25) is 5.02 Å². The monoisotopic (exact) mass is 543 g/mol. The van der Waals surface area contributed by atoms with Gasteiger partial charge < -0.3 is 14.2 Å². The molecule has 1 fully saturated rings. The average molecular weight is 544 g/mol. The Morgan fingerprint density at radius 3 is 2.82 bits per heavy atom. The molecule has 1 aliphatic heterocycles. The largest absolute Gasteiger partial charge is 0.465 e. The summed E-state index contributed by atoms with van der Waals surface area (Å²) in [6, 6.07) is 3.58. The van der Waals surface area contributed by atoms with Crippen molar-refractivity contribution in [1.29, 1.82) is 0 Å². The summed E-state index contributed by atoms with van der Waals surface area (Å²) in [6.07, 6.45) is 17.8. The maximum absolute atomic E-state index is 11.7. The number of allylic oxidation sites excluding steroid dienone is 2. The number of fused-ring (bicyclic) bond motifs is 2. The Labute approximate surface area is 228 Å². The number of imidazole rings is 1. The number of anilines is 1. The Kier molecular flexibility index (Phi) is 5.84. The van der Waals surface area contributed by atoms with Crippen LogP contribution >= 0.6 is 11.6 Å². The first-order valence-electron chi connectivity index (χ1n) is 13.1. The Morgan fingerprint density at radius 2 is 2.03 bits per heavy atom. The van der Waals surface area contributed by atoms with E-state index in [4.69, 9.17) is 30.8 Å². The molecule has 2 aliphatic carbocycles. The van der Waals surface area contributed by atoms with Gasteiger partial charge in [-0.2, -0.15) is 0 Å². The van der Waals surface area contributed by atoms with E-state index in [1.165, 1.54) is 12.8 Å². The van der Waals surface area contributed by atoms with Gasteiger partial charge in [-0.05, 0) is 42.9 Å². The molecule has 0 aromatic carbocycles. The van der Waals surface area contributed by atoms with Crippen molar-refractivity contribution in [2.45, 2.75) is 45.2 Å². The lowest BCUT2D eigenvalue weighted by Crippen LogP contribution is -2.35. The van der Waals surface area contributed by atoms with Gasteiger partial charge in [0.1, 0.15) is 23.8 Å². The van der Waals surface area contributed by atoms with E-state index >= 15 is 0 Å². The van der Waals surface area contributed by atoms with Crippen LogP contribution in [-0.4, -0.2) is 35.7 Å². The number of hydrogen-bond donors (Lipinski definition) is 1. The van der Waals surface area contributed by atoms with Crippen LogP contribution < -0.4 is 10.7 Å². The zero-order valence-electron chi connectivity index (χ0n) is 21.2. The van der Waals surface area contributed by atoms with Crippen molar-refractivity contribution in [3.8, 4) is 22.8 Å². The van der Waals surface area contributed by atoms with Crippen molar-refractivity contribution in [3.05, 3.63) is 76.5 Å². The molecular weight excluding hydrogens is 518 g/mol. The average Bonchev–Trinajstić information content (AvgIpc) is 3.68. The van der Waals surface area contributed by atoms with Gasteiger partial charge in [0.15, 0.2) is 0 Å². The van der Waals surface area contributed by atoms with Crippen LogP contribution in [0.25, 0.3) is 33.8 Å². The third-order valence-electron chi connectivity index (χ3n) is 7.74. The van der Waals surface area contributed by atoms with Crippen LogP contribution in [0.3, 0.4) is 0 Å². The molecule has 0 spiro atoms. The molecule has 39 heavy (non-hydrogen) atoms. The number of halogens is 1. The summed E-state index contributed by atoms with van der Waals surface area (Å²) in [7, 11) is 0. The van der Waals surface area contributed by atoms with Gasteiger partial charge in [-0.25, -0.2) is 14.8 Å². The van der Waals surface area contributed by atoms with Gasteiger partial charge in [0.2, 0.25) is 11.8 Å². The summed E-state index contributed by atoms with van der Waals surface area (Å²) in [5, 5.41) is 4.37. The minimum Gasteiger partial charge on any atom is -0.465 e. The molecule has 11 heteroatoms. The second kappa shape index (κ2) is 9.53. The highest BCUT2D eigenvalue weighted by Gasteiger charge is 2.32. The van der Waals surface area contributed by atoms with Gasteiger partial charge in [-0.15, -0.1) is 0 Å². The maximum Gasteiger partial charge on any atom is 0.439 e. The van der Waals surface area contributed by atoms with Crippen LogP contribution in [0.4, 0.5) is 5.95 Å². The molecule has 0 saturated heterocycles. The van der Waals surface area contributed by atoms with E-state index < -0.39 is 5.76 Å². The van der Waals surface area contributed by atoms with Crippen molar-refractivity contribution in [1.82, 2.24) is 29.7 Å². The molecule has 4 aromatic heterocycles. The Bertz CT molecular complexity index is 1710. The number of hydrogen-bond acceptors (Lipinski definition) is 8. The number of pyridine rings is 2. The van der Waals surface area contributed by atoms with Gasteiger partial charge in [-0.3, -0.25) is 14.5 Å². The predicted octanol–water partition coefficient (Wildman–Crippen LogP) is 5.45. The number of nitrogens with zero attached hydrogens (tertiary/aromatic N) is 6. The van der Waals surface area contributed by atoms with Gasteiger partial charge in [0.25, 0.3) is 0 Å². The SMILES string of the molecule is CC1CCC(Cn2c(N3C=COC4=CC=C[C@@H]43)nc3cc(-c4noc(=O)[nH]4)nc(-c4cncc(Cl)c4)c32)CC1. The smallest absolute Gasteiger partial charge is 0.439 e. The molecule has 7 rings (SSSR count). The fraction of sp³-hybridized carbons (Fsp3) is 0.321. The fourth-order valence-electron chi connectivity index (χ4n) is 5.73. The summed E-state index contributed by atoms with van der Waals surface area (Å²) in [5.41, 5.74) is 3.41.